The van der Waals surface area contributed by atoms with E-state index in [1.807, 2.05) is 0 Å². The maximum atomic E-state index is 12.2. The monoisotopic (exact) mass is 427 g/mol. The Hall–Kier alpha value is -3.76. The first kappa shape index (κ1) is 21.0. The number of anilines is 1. The molecule has 9 nitrogen and oxygen atoms in total. The molecule has 0 aliphatic heterocycles. The van der Waals surface area contributed by atoms with Crippen molar-refractivity contribution in [3.63, 3.8) is 0 Å². The Morgan fingerprint density at radius 2 is 1.83 bits per heavy atom. The van der Waals surface area contributed by atoms with Crippen LogP contribution in [0.4, 0.5) is 11.4 Å². The first-order valence-corrected chi connectivity index (χ1v) is 10.2. The van der Waals surface area contributed by atoms with Gasteiger partial charge >= 0.3 is 0 Å². The molecule has 0 atom stereocenters. The van der Waals surface area contributed by atoms with Crippen LogP contribution in [0.2, 0.25) is 0 Å². The molecular formula is C20H17N3O6S. The van der Waals surface area contributed by atoms with E-state index in [1.54, 1.807) is 30.3 Å². The molecule has 0 aliphatic carbocycles. The van der Waals surface area contributed by atoms with Crippen molar-refractivity contribution in [2.75, 3.05) is 5.32 Å². The summed E-state index contributed by atoms with van der Waals surface area (Å²) in [6.07, 6.45) is 2.61. The van der Waals surface area contributed by atoms with E-state index in [1.165, 1.54) is 48.6 Å². The zero-order chi connectivity index (χ0) is 21.6. The number of amides is 1. The highest BCUT2D eigenvalue weighted by Crippen LogP contribution is 2.17. The third-order valence-corrected chi connectivity index (χ3v) is 5.31. The van der Waals surface area contributed by atoms with Gasteiger partial charge in [0.15, 0.2) is 0 Å². The quantitative estimate of drug-likeness (QED) is 0.322. The molecule has 0 aliphatic rings. The number of hydrogen-bond acceptors (Lipinski definition) is 6. The number of rotatable bonds is 8. The highest BCUT2D eigenvalue weighted by Gasteiger charge is 2.14. The van der Waals surface area contributed by atoms with E-state index >= 15 is 0 Å². The highest BCUT2D eigenvalue weighted by molar-refractivity contribution is 7.89. The minimum atomic E-state index is -3.66. The number of nitrogens with one attached hydrogen (secondary N) is 2. The number of benzene rings is 2. The van der Waals surface area contributed by atoms with Gasteiger partial charge < -0.3 is 9.73 Å². The van der Waals surface area contributed by atoms with Crippen LogP contribution in [0.5, 0.6) is 0 Å². The predicted molar refractivity (Wildman–Crippen MR) is 110 cm³/mol. The average molecular weight is 427 g/mol. The molecule has 3 rings (SSSR count). The van der Waals surface area contributed by atoms with E-state index in [2.05, 4.69) is 10.0 Å². The molecule has 3 aromatic rings. The Balaban J connectivity index is 1.57. The molecule has 2 aromatic carbocycles. The lowest BCUT2D eigenvalue weighted by Crippen LogP contribution is -2.22. The summed E-state index contributed by atoms with van der Waals surface area (Å²) in [5, 5.41) is 13.3. The third kappa shape index (κ3) is 5.63. The van der Waals surface area contributed by atoms with E-state index in [-0.39, 0.29) is 22.8 Å². The van der Waals surface area contributed by atoms with Gasteiger partial charge in [-0.25, -0.2) is 13.1 Å². The molecule has 0 saturated carbocycles. The van der Waals surface area contributed by atoms with Crippen LogP contribution in [0.3, 0.4) is 0 Å². The summed E-state index contributed by atoms with van der Waals surface area (Å²) in [6, 6.07) is 16.7. The number of nitrogens with zero attached hydrogens (tertiary/aromatic N) is 1. The van der Waals surface area contributed by atoms with Gasteiger partial charge in [-0.1, -0.05) is 24.3 Å². The van der Waals surface area contributed by atoms with Crippen LogP contribution >= 0.6 is 0 Å². The molecule has 0 fully saturated rings. The number of carbonyl (C=O) groups is 1. The van der Waals surface area contributed by atoms with Crippen molar-refractivity contribution in [2.45, 2.75) is 11.4 Å². The van der Waals surface area contributed by atoms with Crippen LogP contribution in [0.25, 0.3) is 6.08 Å². The highest BCUT2D eigenvalue weighted by atomic mass is 32.2. The van der Waals surface area contributed by atoms with Gasteiger partial charge in [0.05, 0.1) is 16.4 Å². The zero-order valence-corrected chi connectivity index (χ0v) is 16.3. The van der Waals surface area contributed by atoms with Gasteiger partial charge in [0, 0.05) is 23.9 Å². The van der Waals surface area contributed by atoms with Gasteiger partial charge in [0.2, 0.25) is 15.9 Å². The summed E-state index contributed by atoms with van der Waals surface area (Å²) in [6.45, 7) is -0.0506. The largest absolute Gasteiger partial charge is 0.460 e. The fourth-order valence-electron chi connectivity index (χ4n) is 2.47. The summed E-state index contributed by atoms with van der Waals surface area (Å²) < 4.78 is 32.3. The lowest BCUT2D eigenvalue weighted by atomic mass is 10.3. The topological polar surface area (TPSA) is 132 Å². The van der Waals surface area contributed by atoms with Crippen molar-refractivity contribution in [1.82, 2.24) is 4.72 Å². The van der Waals surface area contributed by atoms with Crippen molar-refractivity contribution >= 4 is 33.4 Å². The summed E-state index contributed by atoms with van der Waals surface area (Å²) in [5.41, 5.74) is 0.153. The Labute approximate surface area is 172 Å². The second kappa shape index (κ2) is 9.16. The molecule has 30 heavy (non-hydrogen) atoms. The zero-order valence-electron chi connectivity index (χ0n) is 15.5. The summed E-state index contributed by atoms with van der Waals surface area (Å²) in [4.78, 5) is 22.4. The van der Waals surface area contributed by atoms with Crippen molar-refractivity contribution in [3.05, 3.63) is 94.4 Å². The van der Waals surface area contributed by atoms with E-state index in [4.69, 9.17) is 4.42 Å². The first-order valence-electron chi connectivity index (χ1n) is 8.70. The van der Waals surface area contributed by atoms with Crippen molar-refractivity contribution in [1.29, 1.82) is 0 Å². The van der Waals surface area contributed by atoms with Gasteiger partial charge in [-0.3, -0.25) is 14.9 Å². The lowest BCUT2D eigenvalue weighted by Gasteiger charge is -2.04. The van der Waals surface area contributed by atoms with Crippen LogP contribution in [-0.4, -0.2) is 19.2 Å². The van der Waals surface area contributed by atoms with E-state index in [0.29, 0.717) is 11.5 Å². The molecule has 0 bridgehead atoms. The molecule has 1 aromatic heterocycles. The van der Waals surface area contributed by atoms with Gasteiger partial charge in [0.1, 0.15) is 11.5 Å². The molecule has 0 saturated heterocycles. The predicted octanol–water partition coefficient (Wildman–Crippen LogP) is 3.32. The van der Waals surface area contributed by atoms with Crippen molar-refractivity contribution in [2.24, 2.45) is 0 Å². The Morgan fingerprint density at radius 3 is 2.57 bits per heavy atom. The van der Waals surface area contributed by atoms with Gasteiger partial charge in [0.25, 0.3) is 5.69 Å². The molecule has 10 heteroatoms. The Kier molecular flexibility index (Phi) is 6.40. The number of hydrogen-bond donors (Lipinski definition) is 2. The van der Waals surface area contributed by atoms with Gasteiger partial charge in [-0.2, -0.15) is 0 Å². The van der Waals surface area contributed by atoms with Crippen LogP contribution in [0.1, 0.15) is 11.5 Å². The smallest absolute Gasteiger partial charge is 0.271 e. The number of nitro benzene ring substituents is 1. The molecular weight excluding hydrogens is 410 g/mol. The minimum absolute atomic E-state index is 0.0506. The standard InChI is InChI=1S/C20H17N3O6S/c24-20(22-15-5-4-6-16(13-15)23(25)26)12-11-17-9-10-18(29-17)14-21-30(27,28)19-7-2-1-3-8-19/h1-13,21H,14H2,(H,22,24)/b12-11+. The maximum absolute atomic E-state index is 12.2. The molecule has 0 radical (unpaired) electrons. The molecule has 154 valence electrons. The number of carbonyl (C=O) groups excluding carboxylic acids is 1. The number of nitro groups is 1. The second-order valence-electron chi connectivity index (χ2n) is 6.07. The Bertz CT molecular complexity index is 1190. The van der Waals surface area contributed by atoms with Crippen LogP contribution in [0.15, 0.2) is 82.1 Å². The second-order valence-corrected chi connectivity index (χ2v) is 7.84. The lowest BCUT2D eigenvalue weighted by molar-refractivity contribution is -0.384. The van der Waals surface area contributed by atoms with Crippen molar-refractivity contribution < 1.29 is 22.6 Å². The number of sulfonamides is 1. The van der Waals surface area contributed by atoms with E-state index in [9.17, 15) is 23.3 Å². The van der Waals surface area contributed by atoms with Gasteiger partial charge in [-0.15, -0.1) is 0 Å². The summed E-state index contributed by atoms with van der Waals surface area (Å²) in [7, 11) is -3.66. The number of furan rings is 1. The Morgan fingerprint density at radius 1 is 1.07 bits per heavy atom. The molecule has 0 unspecified atom stereocenters. The normalized spacial score (nSPS) is 11.5. The summed E-state index contributed by atoms with van der Waals surface area (Å²) >= 11 is 0. The van der Waals surface area contributed by atoms with Crippen LogP contribution in [0, 0.1) is 10.1 Å². The minimum Gasteiger partial charge on any atom is -0.460 e. The fourth-order valence-corrected chi connectivity index (χ4v) is 3.48. The SMILES string of the molecule is O=C(/C=C/c1ccc(CNS(=O)(=O)c2ccccc2)o1)Nc1cccc([N+](=O)[O-])c1. The molecule has 2 N–H and O–H groups in total. The first-order chi connectivity index (χ1) is 14.3. The maximum Gasteiger partial charge on any atom is 0.271 e. The average Bonchev–Trinajstić information content (AvgIpc) is 3.20. The fraction of sp³-hybridized carbons (Fsp3) is 0.0500. The molecule has 0 spiro atoms. The third-order valence-electron chi connectivity index (χ3n) is 3.90. The summed E-state index contributed by atoms with van der Waals surface area (Å²) in [5.74, 6) is 0.213. The molecule has 1 heterocycles. The van der Waals surface area contributed by atoms with E-state index < -0.39 is 20.9 Å². The van der Waals surface area contributed by atoms with Gasteiger partial charge in [-0.05, 0) is 36.4 Å². The van der Waals surface area contributed by atoms with Crippen molar-refractivity contribution in [3.8, 4) is 0 Å². The molecule has 1 amide bonds. The van der Waals surface area contributed by atoms with Crippen LogP contribution < -0.4 is 10.0 Å². The van der Waals surface area contributed by atoms with E-state index in [0.717, 1.165) is 0 Å². The number of non-ortho nitro benzene ring substituents is 1. The van der Waals surface area contributed by atoms with Crippen LogP contribution in [-0.2, 0) is 21.4 Å².